The molecule has 94 valence electrons. The number of halogens is 2. The molecule has 0 saturated carbocycles. The van der Waals surface area contributed by atoms with Crippen LogP contribution in [0.4, 0.5) is 0 Å². The van der Waals surface area contributed by atoms with Crippen LogP contribution in [-0.2, 0) is 6.42 Å². The SMILES string of the molecule is NNC(Cc1ccc(I)cc1)c1ccc(Cl)cc1. The highest BCUT2D eigenvalue weighted by Gasteiger charge is 2.10. The third kappa shape index (κ3) is 3.68. The predicted molar refractivity (Wildman–Crippen MR) is 84.4 cm³/mol. The predicted octanol–water partition coefficient (Wildman–Crippen LogP) is 3.69. The van der Waals surface area contributed by atoms with E-state index in [4.69, 9.17) is 17.4 Å². The van der Waals surface area contributed by atoms with E-state index in [1.54, 1.807) is 0 Å². The van der Waals surface area contributed by atoms with Gasteiger partial charge in [0.25, 0.3) is 0 Å². The van der Waals surface area contributed by atoms with Crippen molar-refractivity contribution >= 4 is 34.2 Å². The summed E-state index contributed by atoms with van der Waals surface area (Å²) < 4.78 is 1.24. The molecule has 1 unspecified atom stereocenters. The fraction of sp³-hybridized carbons (Fsp3) is 0.143. The van der Waals surface area contributed by atoms with E-state index >= 15 is 0 Å². The highest BCUT2D eigenvalue weighted by atomic mass is 127. The van der Waals surface area contributed by atoms with Gasteiger partial charge in [-0.25, -0.2) is 0 Å². The van der Waals surface area contributed by atoms with Crippen molar-refractivity contribution in [1.29, 1.82) is 0 Å². The molecular formula is C14H14ClIN2. The molecule has 0 fully saturated rings. The lowest BCUT2D eigenvalue weighted by atomic mass is 9.99. The third-order valence-corrected chi connectivity index (χ3v) is 3.80. The Morgan fingerprint density at radius 3 is 2.22 bits per heavy atom. The molecule has 2 aromatic carbocycles. The molecule has 0 aliphatic rings. The van der Waals surface area contributed by atoms with Gasteiger partial charge in [-0.2, -0.15) is 0 Å². The second-order valence-electron chi connectivity index (χ2n) is 4.10. The second kappa shape index (κ2) is 6.52. The van der Waals surface area contributed by atoms with Crippen molar-refractivity contribution in [2.75, 3.05) is 0 Å². The molecule has 0 aromatic heterocycles. The lowest BCUT2D eigenvalue weighted by Crippen LogP contribution is -2.29. The van der Waals surface area contributed by atoms with Crippen molar-refractivity contribution in [3.63, 3.8) is 0 Å². The van der Waals surface area contributed by atoms with Crippen LogP contribution in [-0.4, -0.2) is 0 Å². The third-order valence-electron chi connectivity index (χ3n) is 2.83. The fourth-order valence-corrected chi connectivity index (χ4v) is 2.31. The van der Waals surface area contributed by atoms with Crippen LogP contribution in [0.15, 0.2) is 48.5 Å². The lowest BCUT2D eigenvalue weighted by Gasteiger charge is -2.16. The molecule has 0 amide bonds. The Labute approximate surface area is 126 Å². The summed E-state index contributed by atoms with van der Waals surface area (Å²) in [5.74, 6) is 5.64. The maximum Gasteiger partial charge on any atom is 0.0500 e. The topological polar surface area (TPSA) is 38.0 Å². The summed E-state index contributed by atoms with van der Waals surface area (Å²) in [5.41, 5.74) is 5.25. The van der Waals surface area contributed by atoms with Crippen LogP contribution >= 0.6 is 34.2 Å². The Bertz CT molecular complexity index is 496. The molecule has 4 heteroatoms. The van der Waals surface area contributed by atoms with E-state index in [0.717, 1.165) is 17.0 Å². The van der Waals surface area contributed by atoms with Gasteiger partial charge in [-0.15, -0.1) is 0 Å². The number of rotatable bonds is 4. The number of nitrogens with one attached hydrogen (secondary N) is 1. The van der Waals surface area contributed by atoms with Gasteiger partial charge < -0.3 is 0 Å². The zero-order valence-corrected chi connectivity index (χ0v) is 12.6. The maximum atomic E-state index is 5.88. The van der Waals surface area contributed by atoms with E-state index in [1.165, 1.54) is 9.13 Å². The first-order chi connectivity index (χ1) is 8.69. The standard InChI is InChI=1S/C14H14ClIN2/c15-12-5-3-11(4-6-12)14(18-17)9-10-1-7-13(16)8-2-10/h1-8,14,18H,9,17H2. The largest absolute Gasteiger partial charge is 0.271 e. The van der Waals surface area contributed by atoms with E-state index in [-0.39, 0.29) is 6.04 Å². The van der Waals surface area contributed by atoms with E-state index in [2.05, 4.69) is 52.3 Å². The van der Waals surface area contributed by atoms with Crippen LogP contribution in [0.5, 0.6) is 0 Å². The molecule has 1 atom stereocenters. The van der Waals surface area contributed by atoms with Crippen molar-refractivity contribution in [3.05, 3.63) is 68.3 Å². The first-order valence-corrected chi connectivity index (χ1v) is 7.11. The monoisotopic (exact) mass is 372 g/mol. The van der Waals surface area contributed by atoms with Gasteiger partial charge >= 0.3 is 0 Å². The summed E-state index contributed by atoms with van der Waals surface area (Å²) in [4.78, 5) is 0. The molecule has 3 N–H and O–H groups in total. The van der Waals surface area contributed by atoms with Gasteiger partial charge in [0.05, 0.1) is 0 Å². The molecule has 2 rings (SSSR count). The normalized spacial score (nSPS) is 12.4. The highest BCUT2D eigenvalue weighted by Crippen LogP contribution is 2.20. The second-order valence-corrected chi connectivity index (χ2v) is 5.78. The van der Waals surface area contributed by atoms with Crippen molar-refractivity contribution in [2.45, 2.75) is 12.5 Å². The van der Waals surface area contributed by atoms with Gasteiger partial charge in [-0.1, -0.05) is 35.9 Å². The Kier molecular flexibility index (Phi) is 5.00. The minimum absolute atomic E-state index is 0.0994. The van der Waals surface area contributed by atoms with Gasteiger partial charge in [0.2, 0.25) is 0 Å². The number of hydrogen-bond acceptors (Lipinski definition) is 2. The number of hydrogen-bond donors (Lipinski definition) is 2. The Morgan fingerprint density at radius 2 is 1.67 bits per heavy atom. The summed E-state index contributed by atoms with van der Waals surface area (Å²) in [7, 11) is 0. The molecule has 18 heavy (non-hydrogen) atoms. The van der Waals surface area contributed by atoms with Gasteiger partial charge in [0, 0.05) is 14.6 Å². The van der Waals surface area contributed by atoms with E-state index in [9.17, 15) is 0 Å². The zero-order chi connectivity index (χ0) is 13.0. The summed E-state index contributed by atoms with van der Waals surface area (Å²) in [6.07, 6.45) is 0.856. The summed E-state index contributed by atoms with van der Waals surface area (Å²) in [5, 5.41) is 0.740. The molecule has 0 heterocycles. The Hall–Kier alpha value is -0.620. The molecule has 2 aromatic rings. The van der Waals surface area contributed by atoms with Gasteiger partial charge in [0.15, 0.2) is 0 Å². The number of hydrazine groups is 1. The minimum Gasteiger partial charge on any atom is -0.271 e. The molecule has 0 aliphatic carbocycles. The van der Waals surface area contributed by atoms with Crippen molar-refractivity contribution in [3.8, 4) is 0 Å². The van der Waals surface area contributed by atoms with Crippen LogP contribution in [0.1, 0.15) is 17.2 Å². The average Bonchev–Trinajstić information content (AvgIpc) is 2.39. The Morgan fingerprint density at radius 1 is 1.06 bits per heavy atom. The smallest absolute Gasteiger partial charge is 0.0500 e. The molecular weight excluding hydrogens is 359 g/mol. The summed E-state index contributed by atoms with van der Waals surface area (Å²) in [6, 6.07) is 16.3. The molecule has 0 bridgehead atoms. The molecule has 0 radical (unpaired) electrons. The molecule has 0 saturated heterocycles. The van der Waals surface area contributed by atoms with Crippen molar-refractivity contribution in [2.24, 2.45) is 5.84 Å². The van der Waals surface area contributed by atoms with Crippen molar-refractivity contribution < 1.29 is 0 Å². The van der Waals surface area contributed by atoms with E-state index in [0.29, 0.717) is 0 Å². The fourth-order valence-electron chi connectivity index (χ4n) is 1.82. The summed E-state index contributed by atoms with van der Waals surface area (Å²) in [6.45, 7) is 0. The van der Waals surface area contributed by atoms with E-state index < -0.39 is 0 Å². The first-order valence-electron chi connectivity index (χ1n) is 5.65. The first kappa shape index (κ1) is 13.8. The lowest BCUT2D eigenvalue weighted by molar-refractivity contribution is 0.552. The zero-order valence-electron chi connectivity index (χ0n) is 9.74. The quantitative estimate of drug-likeness (QED) is 0.488. The van der Waals surface area contributed by atoms with Crippen LogP contribution < -0.4 is 11.3 Å². The maximum absolute atomic E-state index is 5.88. The Balaban J connectivity index is 2.14. The van der Waals surface area contributed by atoms with Gasteiger partial charge in [0.1, 0.15) is 0 Å². The highest BCUT2D eigenvalue weighted by molar-refractivity contribution is 14.1. The minimum atomic E-state index is 0.0994. The number of benzene rings is 2. The number of nitrogens with two attached hydrogens (primary N) is 1. The molecule has 0 spiro atoms. The van der Waals surface area contributed by atoms with Crippen LogP contribution in [0, 0.1) is 3.57 Å². The van der Waals surface area contributed by atoms with Gasteiger partial charge in [-0.05, 0) is 64.4 Å². The summed E-state index contributed by atoms with van der Waals surface area (Å²) >= 11 is 8.18. The van der Waals surface area contributed by atoms with E-state index in [1.807, 2.05) is 24.3 Å². The van der Waals surface area contributed by atoms with Gasteiger partial charge in [-0.3, -0.25) is 11.3 Å². The van der Waals surface area contributed by atoms with Crippen LogP contribution in [0.2, 0.25) is 5.02 Å². The van der Waals surface area contributed by atoms with Crippen molar-refractivity contribution in [1.82, 2.24) is 5.43 Å². The molecule has 0 aliphatic heterocycles. The van der Waals surface area contributed by atoms with Crippen LogP contribution in [0.3, 0.4) is 0 Å². The molecule has 2 nitrogen and oxygen atoms in total. The van der Waals surface area contributed by atoms with Crippen LogP contribution in [0.25, 0.3) is 0 Å². The average molecular weight is 373 g/mol.